The first-order chi connectivity index (χ1) is 17.5. The van der Waals surface area contributed by atoms with E-state index in [9.17, 15) is 18.7 Å². The van der Waals surface area contributed by atoms with E-state index in [1.165, 1.54) is 19.3 Å². The van der Waals surface area contributed by atoms with Crippen molar-refractivity contribution in [2.75, 3.05) is 0 Å². The third-order valence-electron chi connectivity index (χ3n) is 7.81. The van der Waals surface area contributed by atoms with E-state index < -0.39 is 16.9 Å². The molecule has 1 heterocycles. The number of benzene rings is 1. The predicted molar refractivity (Wildman–Crippen MR) is 144 cm³/mol. The molecule has 1 aromatic heterocycles. The van der Waals surface area contributed by atoms with Crippen LogP contribution in [0, 0.1) is 5.92 Å². The quantitative estimate of drug-likeness (QED) is 0.216. The van der Waals surface area contributed by atoms with Gasteiger partial charge in [-0.15, -0.1) is 0 Å². The first-order valence-corrected chi connectivity index (χ1v) is 14.9. The molecule has 3 unspecified atom stereocenters. The maximum Gasteiger partial charge on any atom is 0.343 e. The Morgan fingerprint density at radius 3 is 2.50 bits per heavy atom. The monoisotopic (exact) mass is 515 g/mol. The lowest BCUT2D eigenvalue weighted by molar-refractivity contribution is 0.382. The summed E-state index contributed by atoms with van der Waals surface area (Å²) in [7, 11) is 0. The Hall–Kier alpha value is -1.96. The van der Waals surface area contributed by atoms with Crippen LogP contribution in [0.25, 0.3) is 0 Å². The van der Waals surface area contributed by atoms with Crippen molar-refractivity contribution < 1.29 is 18.3 Å². The lowest BCUT2D eigenvalue weighted by Gasteiger charge is -2.23. The Morgan fingerprint density at radius 2 is 1.78 bits per heavy atom. The highest BCUT2D eigenvalue weighted by atomic mass is 32.2. The van der Waals surface area contributed by atoms with Crippen molar-refractivity contribution >= 4 is 11.3 Å². The van der Waals surface area contributed by atoms with Gasteiger partial charge in [0.15, 0.2) is 0 Å². The molecular weight excluding hydrogens is 474 g/mol. The summed E-state index contributed by atoms with van der Waals surface area (Å²) in [6, 6.07) is 7.74. The molecule has 1 fully saturated rings. The van der Waals surface area contributed by atoms with E-state index in [0.717, 1.165) is 80.9 Å². The van der Waals surface area contributed by atoms with E-state index in [2.05, 4.69) is 17.7 Å². The zero-order valence-corrected chi connectivity index (χ0v) is 22.3. The molecule has 2 aromatic rings. The number of nitrogens with one attached hydrogen (secondary N) is 1. The Morgan fingerprint density at radius 1 is 1.06 bits per heavy atom. The standard InChI is InChI=1S/C29H41NO5S/c1-2-3-4-5-9-15-24(30-36(33)34)21-12-11-13-22(19-21)26(20-17-18-20)27-28(31)23-14-8-6-7-10-16-25(23)35-29(27)32/h11-13,19-20,24,26,30-31H,2-10,14-18H2,1H3,(H,33,34). The minimum Gasteiger partial charge on any atom is -0.507 e. The fourth-order valence-corrected chi connectivity index (χ4v) is 6.23. The Kier molecular flexibility index (Phi) is 9.80. The Labute approximate surface area is 217 Å². The second-order valence-corrected chi connectivity index (χ2v) is 11.3. The van der Waals surface area contributed by atoms with Crippen LogP contribution < -0.4 is 10.3 Å². The molecule has 4 rings (SSSR count). The lowest BCUT2D eigenvalue weighted by atomic mass is 9.84. The van der Waals surface area contributed by atoms with Gasteiger partial charge >= 0.3 is 5.63 Å². The van der Waals surface area contributed by atoms with Crippen molar-refractivity contribution in [1.29, 1.82) is 0 Å². The van der Waals surface area contributed by atoms with Crippen LogP contribution >= 0.6 is 0 Å². The van der Waals surface area contributed by atoms with Crippen LogP contribution in [0.1, 0.15) is 124 Å². The first-order valence-electron chi connectivity index (χ1n) is 13.8. The molecule has 3 atom stereocenters. The molecule has 198 valence electrons. The van der Waals surface area contributed by atoms with Gasteiger partial charge in [-0.1, -0.05) is 76.1 Å². The molecule has 0 amide bonds. The highest BCUT2D eigenvalue weighted by Crippen LogP contribution is 2.49. The van der Waals surface area contributed by atoms with Gasteiger partial charge in [-0.25, -0.2) is 13.7 Å². The number of hydrogen-bond acceptors (Lipinski definition) is 4. The second kappa shape index (κ2) is 13.0. The summed E-state index contributed by atoms with van der Waals surface area (Å²) in [6.45, 7) is 2.19. The molecule has 1 saturated carbocycles. The maximum absolute atomic E-state index is 13.2. The zero-order valence-electron chi connectivity index (χ0n) is 21.5. The average molecular weight is 516 g/mol. The van der Waals surface area contributed by atoms with Crippen molar-refractivity contribution in [3.05, 3.63) is 62.7 Å². The van der Waals surface area contributed by atoms with Crippen LogP contribution in [0.5, 0.6) is 5.75 Å². The van der Waals surface area contributed by atoms with Crippen molar-refractivity contribution in [2.45, 2.75) is 109 Å². The van der Waals surface area contributed by atoms with Crippen molar-refractivity contribution in [1.82, 2.24) is 4.72 Å². The molecule has 2 aliphatic carbocycles. The second-order valence-electron chi connectivity index (χ2n) is 10.6. The zero-order chi connectivity index (χ0) is 25.5. The molecule has 0 aliphatic heterocycles. The fourth-order valence-electron chi connectivity index (χ4n) is 5.74. The van der Waals surface area contributed by atoms with Crippen LogP contribution in [-0.4, -0.2) is 13.9 Å². The molecule has 1 aromatic carbocycles. The van der Waals surface area contributed by atoms with Crippen molar-refractivity contribution in [3.8, 4) is 5.75 Å². The van der Waals surface area contributed by atoms with E-state index in [4.69, 9.17) is 4.42 Å². The number of rotatable bonds is 12. The minimum absolute atomic E-state index is 0.132. The lowest BCUT2D eigenvalue weighted by Crippen LogP contribution is -2.24. The third-order valence-corrected chi connectivity index (χ3v) is 8.30. The smallest absolute Gasteiger partial charge is 0.343 e. The normalized spacial score (nSPS) is 18.6. The van der Waals surface area contributed by atoms with Crippen LogP contribution in [0.15, 0.2) is 33.5 Å². The topological polar surface area (TPSA) is 99.8 Å². The predicted octanol–water partition coefficient (Wildman–Crippen LogP) is 6.67. The van der Waals surface area contributed by atoms with Gasteiger partial charge in [-0.05, 0) is 55.6 Å². The number of fused-ring (bicyclic) bond motifs is 1. The minimum atomic E-state index is -2.12. The molecule has 7 heteroatoms. The summed E-state index contributed by atoms with van der Waals surface area (Å²) in [5, 5.41) is 11.4. The van der Waals surface area contributed by atoms with Crippen LogP contribution in [0.3, 0.4) is 0 Å². The van der Waals surface area contributed by atoms with Gasteiger partial charge in [0.1, 0.15) is 11.5 Å². The summed E-state index contributed by atoms with van der Waals surface area (Å²) in [5.74, 6) is 0.837. The van der Waals surface area contributed by atoms with E-state index in [1.54, 1.807) is 0 Å². The van der Waals surface area contributed by atoms with E-state index in [-0.39, 0.29) is 23.6 Å². The molecule has 0 radical (unpaired) electrons. The largest absolute Gasteiger partial charge is 0.507 e. The molecule has 6 nitrogen and oxygen atoms in total. The molecule has 36 heavy (non-hydrogen) atoms. The summed E-state index contributed by atoms with van der Waals surface area (Å²) in [5.41, 5.74) is 2.68. The van der Waals surface area contributed by atoms with E-state index >= 15 is 0 Å². The molecule has 0 bridgehead atoms. The molecule has 0 spiro atoms. The fraction of sp³-hybridized carbons (Fsp3) is 0.621. The highest BCUT2D eigenvalue weighted by Gasteiger charge is 2.38. The maximum atomic E-state index is 13.2. The molecular formula is C29H41NO5S. The van der Waals surface area contributed by atoms with Crippen molar-refractivity contribution in [3.63, 3.8) is 0 Å². The number of aromatic hydroxyl groups is 1. The SMILES string of the molecule is CCCCCCCC(NS(=O)O)c1cccc(C(c2c(O)c3c(oc2=O)CCCCCC3)C2CC2)c1. The van der Waals surface area contributed by atoms with Gasteiger partial charge in [-0.2, -0.15) is 0 Å². The van der Waals surface area contributed by atoms with E-state index in [1.807, 2.05) is 18.2 Å². The average Bonchev–Trinajstić information content (AvgIpc) is 3.67. The summed E-state index contributed by atoms with van der Waals surface area (Å²) >= 11 is -2.12. The van der Waals surface area contributed by atoms with Gasteiger partial charge in [-0.3, -0.25) is 4.55 Å². The summed E-state index contributed by atoms with van der Waals surface area (Å²) < 4.78 is 29.9. The Bertz CT molecular complexity index is 1090. The van der Waals surface area contributed by atoms with Crippen LogP contribution in [0.2, 0.25) is 0 Å². The van der Waals surface area contributed by atoms with Gasteiger partial charge in [0.05, 0.1) is 5.56 Å². The highest BCUT2D eigenvalue weighted by molar-refractivity contribution is 7.77. The van der Waals surface area contributed by atoms with Crippen LogP contribution in [0.4, 0.5) is 0 Å². The Balaban J connectivity index is 1.65. The molecule has 3 N–H and O–H groups in total. The van der Waals surface area contributed by atoms with Gasteiger partial charge in [0.2, 0.25) is 11.3 Å². The molecule has 0 saturated heterocycles. The van der Waals surface area contributed by atoms with Crippen LogP contribution in [-0.2, 0) is 24.1 Å². The number of unbranched alkanes of at least 4 members (excludes halogenated alkanes) is 4. The number of hydrogen-bond donors (Lipinski definition) is 3. The first kappa shape index (κ1) is 27.1. The van der Waals surface area contributed by atoms with E-state index in [0.29, 0.717) is 17.7 Å². The van der Waals surface area contributed by atoms with Gasteiger partial charge in [0, 0.05) is 23.9 Å². The van der Waals surface area contributed by atoms with Gasteiger partial charge < -0.3 is 9.52 Å². The third kappa shape index (κ3) is 6.87. The molecule has 2 aliphatic rings. The van der Waals surface area contributed by atoms with Crippen molar-refractivity contribution in [2.24, 2.45) is 5.92 Å². The summed E-state index contributed by atoms with van der Waals surface area (Å²) in [4.78, 5) is 13.2. The summed E-state index contributed by atoms with van der Waals surface area (Å²) in [6.07, 6.45) is 14.0. The van der Waals surface area contributed by atoms with Gasteiger partial charge in [0.25, 0.3) is 0 Å². The number of aryl methyl sites for hydroxylation is 1.